The lowest BCUT2D eigenvalue weighted by molar-refractivity contribution is 0.664. The van der Waals surface area contributed by atoms with Crippen molar-refractivity contribution in [3.8, 4) is 0 Å². The van der Waals surface area contributed by atoms with Crippen molar-refractivity contribution in [2.45, 2.75) is 11.4 Å². The monoisotopic (exact) mass is 273 g/mol. The molecule has 2 aromatic heterocycles. The minimum atomic E-state index is 0.692. The van der Waals surface area contributed by atoms with Crippen LogP contribution >= 0.6 is 11.8 Å². The van der Waals surface area contributed by atoms with Crippen molar-refractivity contribution in [3.05, 3.63) is 36.5 Å². The number of hydrogen-bond donors (Lipinski definition) is 1. The number of nitrogens with two attached hydrogens (primary N) is 1. The molecule has 0 aliphatic rings. The molecule has 0 fully saturated rings. The second kappa shape index (κ2) is 4.62. The Morgan fingerprint density at radius 1 is 1.37 bits per heavy atom. The number of aryl methyl sites for hydroxylation is 1. The number of hydrogen-bond acceptors (Lipinski definition) is 4. The van der Waals surface area contributed by atoms with Crippen molar-refractivity contribution >= 4 is 28.4 Å². The molecule has 0 bridgehead atoms. The quantitative estimate of drug-likeness (QED) is 0.586. The summed E-state index contributed by atoms with van der Waals surface area (Å²) in [5.41, 5.74) is 7.89. The number of nitrogens with zero attached hydrogens (tertiary/aromatic N) is 4. The predicted molar refractivity (Wildman–Crippen MR) is 78.2 cm³/mol. The molecular weight excluding hydrogens is 258 g/mol. The first kappa shape index (κ1) is 12.1. The van der Waals surface area contributed by atoms with E-state index in [0.29, 0.717) is 6.54 Å². The largest absolute Gasteiger partial charge is 0.399 e. The second-order valence-corrected chi connectivity index (χ2v) is 5.25. The van der Waals surface area contributed by atoms with E-state index in [9.17, 15) is 0 Å². The number of aromatic nitrogens is 4. The van der Waals surface area contributed by atoms with Gasteiger partial charge < -0.3 is 10.3 Å². The number of benzene rings is 1. The number of thioether (sulfide) groups is 1. The van der Waals surface area contributed by atoms with Crippen LogP contribution in [0, 0.1) is 0 Å². The van der Waals surface area contributed by atoms with Crippen LogP contribution in [0.25, 0.3) is 10.9 Å². The average molecular weight is 273 g/mol. The minimum absolute atomic E-state index is 0.692. The Morgan fingerprint density at radius 2 is 2.21 bits per heavy atom. The zero-order valence-electron chi connectivity index (χ0n) is 10.9. The highest BCUT2D eigenvalue weighted by molar-refractivity contribution is 7.98. The molecule has 6 heteroatoms. The molecule has 0 unspecified atom stereocenters. The van der Waals surface area contributed by atoms with E-state index in [1.807, 2.05) is 19.2 Å². The summed E-state index contributed by atoms with van der Waals surface area (Å²) >= 11 is 1.71. The van der Waals surface area contributed by atoms with Gasteiger partial charge in [0.1, 0.15) is 12.2 Å². The third-order valence-corrected chi connectivity index (χ3v) is 3.99. The van der Waals surface area contributed by atoms with E-state index in [-0.39, 0.29) is 0 Å². The number of fused-ring (bicyclic) bond motifs is 1. The highest BCUT2D eigenvalue weighted by Crippen LogP contribution is 2.30. The normalized spacial score (nSPS) is 11.3. The zero-order valence-corrected chi connectivity index (χ0v) is 11.7. The summed E-state index contributed by atoms with van der Waals surface area (Å²) in [6.07, 6.45) is 5.70. The molecule has 3 rings (SSSR count). The van der Waals surface area contributed by atoms with Gasteiger partial charge in [0.25, 0.3) is 0 Å². The Morgan fingerprint density at radius 3 is 2.89 bits per heavy atom. The first-order valence-corrected chi connectivity index (χ1v) is 7.16. The molecule has 0 aliphatic heterocycles. The SMILES string of the molecule is CSc1cc(N)cc2c1ccn2Cc1ncnn1C. The van der Waals surface area contributed by atoms with Gasteiger partial charge in [-0.25, -0.2) is 4.98 Å². The van der Waals surface area contributed by atoms with E-state index in [1.165, 1.54) is 10.3 Å². The lowest BCUT2D eigenvalue weighted by Gasteiger charge is -2.07. The lowest BCUT2D eigenvalue weighted by Crippen LogP contribution is -2.06. The van der Waals surface area contributed by atoms with Crippen LogP contribution in [0.2, 0.25) is 0 Å². The van der Waals surface area contributed by atoms with Gasteiger partial charge in [-0.3, -0.25) is 4.68 Å². The molecule has 0 atom stereocenters. The van der Waals surface area contributed by atoms with Crippen molar-refractivity contribution in [1.29, 1.82) is 0 Å². The fourth-order valence-electron chi connectivity index (χ4n) is 2.20. The summed E-state index contributed by atoms with van der Waals surface area (Å²) in [4.78, 5) is 5.46. The second-order valence-electron chi connectivity index (χ2n) is 4.40. The van der Waals surface area contributed by atoms with Crippen molar-refractivity contribution in [2.24, 2.45) is 7.05 Å². The Kier molecular flexibility index (Phi) is 2.94. The Labute approximate surface area is 115 Å². The summed E-state index contributed by atoms with van der Waals surface area (Å²) in [6, 6.07) is 6.14. The van der Waals surface area contributed by atoms with Crippen LogP contribution in [0.1, 0.15) is 5.82 Å². The maximum absolute atomic E-state index is 5.97. The summed E-state index contributed by atoms with van der Waals surface area (Å²) in [7, 11) is 1.90. The van der Waals surface area contributed by atoms with Crippen LogP contribution in [0.15, 0.2) is 35.6 Å². The molecule has 0 amide bonds. The summed E-state index contributed by atoms with van der Waals surface area (Å²) in [5.74, 6) is 0.922. The zero-order chi connectivity index (χ0) is 13.4. The molecule has 2 N–H and O–H groups in total. The van der Waals surface area contributed by atoms with E-state index >= 15 is 0 Å². The molecule has 2 heterocycles. The molecule has 0 saturated heterocycles. The predicted octanol–water partition coefficient (Wildman–Crippen LogP) is 2.12. The smallest absolute Gasteiger partial charge is 0.146 e. The third-order valence-electron chi connectivity index (χ3n) is 3.21. The van der Waals surface area contributed by atoms with Gasteiger partial charge in [-0.1, -0.05) is 0 Å². The van der Waals surface area contributed by atoms with Crippen LogP contribution in [0.5, 0.6) is 0 Å². The van der Waals surface area contributed by atoms with Crippen molar-refractivity contribution in [2.75, 3.05) is 12.0 Å². The fourth-order valence-corrected chi connectivity index (χ4v) is 2.85. The molecule has 5 nitrogen and oxygen atoms in total. The van der Waals surface area contributed by atoms with Gasteiger partial charge in [-0.05, 0) is 24.5 Å². The average Bonchev–Trinajstić information content (AvgIpc) is 2.97. The summed E-state index contributed by atoms with van der Waals surface area (Å²) < 4.78 is 3.93. The van der Waals surface area contributed by atoms with Crippen molar-refractivity contribution < 1.29 is 0 Å². The van der Waals surface area contributed by atoms with E-state index in [2.05, 4.69) is 33.2 Å². The summed E-state index contributed by atoms with van der Waals surface area (Å²) in [5, 5.41) is 5.32. The first-order chi connectivity index (χ1) is 9.19. The van der Waals surface area contributed by atoms with Gasteiger partial charge in [0.15, 0.2) is 0 Å². The van der Waals surface area contributed by atoms with Crippen LogP contribution in [0.4, 0.5) is 5.69 Å². The third kappa shape index (κ3) is 2.08. The molecule has 0 radical (unpaired) electrons. The van der Waals surface area contributed by atoms with Gasteiger partial charge in [-0.15, -0.1) is 11.8 Å². The maximum Gasteiger partial charge on any atom is 0.146 e. The fraction of sp³-hybridized carbons (Fsp3) is 0.231. The highest BCUT2D eigenvalue weighted by Gasteiger charge is 2.09. The Hall–Kier alpha value is -1.95. The number of anilines is 1. The molecule has 3 aromatic rings. The maximum atomic E-state index is 5.97. The van der Waals surface area contributed by atoms with Crippen LogP contribution in [-0.2, 0) is 13.6 Å². The molecule has 98 valence electrons. The van der Waals surface area contributed by atoms with Crippen molar-refractivity contribution in [3.63, 3.8) is 0 Å². The standard InChI is InChI=1S/C13H15N5S/c1-17-13(15-8-16-17)7-18-4-3-10-11(18)5-9(14)6-12(10)19-2/h3-6,8H,7,14H2,1-2H3. The van der Waals surface area contributed by atoms with Gasteiger partial charge in [0, 0.05) is 29.2 Å². The Bertz CT molecular complexity index is 728. The van der Waals surface area contributed by atoms with E-state index in [4.69, 9.17) is 5.73 Å². The van der Waals surface area contributed by atoms with Gasteiger partial charge in [0.05, 0.1) is 12.1 Å². The van der Waals surface area contributed by atoms with Crippen LogP contribution in [-0.4, -0.2) is 25.6 Å². The number of nitrogen functional groups attached to an aromatic ring is 1. The van der Waals surface area contributed by atoms with Gasteiger partial charge in [0.2, 0.25) is 0 Å². The van der Waals surface area contributed by atoms with Gasteiger partial charge in [-0.2, -0.15) is 5.10 Å². The minimum Gasteiger partial charge on any atom is -0.399 e. The van der Waals surface area contributed by atoms with Crippen LogP contribution < -0.4 is 5.73 Å². The first-order valence-electron chi connectivity index (χ1n) is 5.94. The van der Waals surface area contributed by atoms with Gasteiger partial charge >= 0.3 is 0 Å². The van der Waals surface area contributed by atoms with E-state index in [0.717, 1.165) is 17.0 Å². The Balaban J connectivity index is 2.10. The molecule has 19 heavy (non-hydrogen) atoms. The molecule has 0 spiro atoms. The molecule has 0 aliphatic carbocycles. The number of rotatable bonds is 3. The van der Waals surface area contributed by atoms with Crippen LogP contribution in [0.3, 0.4) is 0 Å². The molecular formula is C13H15N5S. The van der Waals surface area contributed by atoms with E-state index in [1.54, 1.807) is 22.8 Å². The molecule has 0 saturated carbocycles. The lowest BCUT2D eigenvalue weighted by atomic mass is 10.2. The molecule has 1 aromatic carbocycles. The van der Waals surface area contributed by atoms with E-state index < -0.39 is 0 Å². The topological polar surface area (TPSA) is 61.7 Å². The van der Waals surface area contributed by atoms with Crippen molar-refractivity contribution in [1.82, 2.24) is 19.3 Å². The highest BCUT2D eigenvalue weighted by atomic mass is 32.2. The summed E-state index contributed by atoms with van der Waals surface area (Å²) in [6.45, 7) is 0.692.